The van der Waals surface area contributed by atoms with Crippen LogP contribution in [0, 0.1) is 18.7 Å². The van der Waals surface area contributed by atoms with Gasteiger partial charge in [-0.1, -0.05) is 19.4 Å². The summed E-state index contributed by atoms with van der Waals surface area (Å²) in [5, 5.41) is 3.60. The predicted octanol–water partition coefficient (Wildman–Crippen LogP) is 3.45. The summed E-state index contributed by atoms with van der Waals surface area (Å²) >= 11 is 0. The van der Waals surface area contributed by atoms with E-state index in [2.05, 4.69) is 12.2 Å². The van der Waals surface area contributed by atoms with E-state index in [4.69, 9.17) is 0 Å². The molecular weight excluding hydrogens is 213 g/mol. The molecule has 1 saturated carbocycles. The molecule has 0 aromatic heterocycles. The molecule has 1 unspecified atom stereocenters. The molecule has 0 amide bonds. The molecule has 1 fully saturated rings. The van der Waals surface area contributed by atoms with Gasteiger partial charge in [-0.2, -0.15) is 0 Å². The maximum Gasteiger partial charge on any atom is 0.123 e. The van der Waals surface area contributed by atoms with Crippen molar-refractivity contribution in [2.24, 2.45) is 5.92 Å². The lowest BCUT2D eigenvalue weighted by Gasteiger charge is -2.28. The minimum Gasteiger partial charge on any atom is -0.314 e. The summed E-state index contributed by atoms with van der Waals surface area (Å²) in [7, 11) is 0. The molecule has 0 radical (unpaired) electrons. The quantitative estimate of drug-likeness (QED) is 0.824. The van der Waals surface area contributed by atoms with E-state index in [0.29, 0.717) is 5.92 Å². The first kappa shape index (κ1) is 12.6. The van der Waals surface area contributed by atoms with Gasteiger partial charge in [0.1, 0.15) is 5.82 Å². The van der Waals surface area contributed by atoms with Crippen molar-refractivity contribution in [1.29, 1.82) is 0 Å². The number of hydrogen-bond donors (Lipinski definition) is 1. The normalized spacial score (nSPS) is 17.8. The molecule has 1 atom stereocenters. The smallest absolute Gasteiger partial charge is 0.123 e. The molecule has 0 heterocycles. The molecule has 0 spiro atoms. The van der Waals surface area contributed by atoms with Crippen molar-refractivity contribution in [3.63, 3.8) is 0 Å². The van der Waals surface area contributed by atoms with Gasteiger partial charge < -0.3 is 5.32 Å². The van der Waals surface area contributed by atoms with Crippen LogP contribution in [0.5, 0.6) is 0 Å². The fraction of sp³-hybridized carbons (Fsp3) is 0.600. The lowest BCUT2D eigenvalue weighted by molar-refractivity contribution is 0.320. The Hall–Kier alpha value is -0.890. The van der Waals surface area contributed by atoms with Gasteiger partial charge in [0.05, 0.1) is 0 Å². The first-order valence-corrected chi connectivity index (χ1v) is 6.63. The van der Waals surface area contributed by atoms with Crippen molar-refractivity contribution in [2.45, 2.75) is 45.6 Å². The molecule has 0 aliphatic heterocycles. The Balaban J connectivity index is 1.81. The summed E-state index contributed by atoms with van der Waals surface area (Å²) in [6, 6.07) is 5.87. The number of aryl methyl sites for hydroxylation is 1. The number of halogens is 1. The van der Waals surface area contributed by atoms with Crippen LogP contribution in [0.2, 0.25) is 0 Å². The Bertz CT molecular complexity index is 371. The first-order valence-electron chi connectivity index (χ1n) is 6.63. The molecule has 1 aromatic rings. The van der Waals surface area contributed by atoms with Crippen LogP contribution in [0.15, 0.2) is 18.2 Å². The van der Waals surface area contributed by atoms with Crippen molar-refractivity contribution in [1.82, 2.24) is 5.32 Å². The van der Waals surface area contributed by atoms with Gasteiger partial charge in [-0.05, 0) is 61.9 Å². The van der Waals surface area contributed by atoms with Gasteiger partial charge in [-0.15, -0.1) is 0 Å². The molecule has 1 aliphatic carbocycles. The largest absolute Gasteiger partial charge is 0.314 e. The summed E-state index contributed by atoms with van der Waals surface area (Å²) in [6.45, 7) is 5.32. The number of rotatable bonds is 5. The maximum absolute atomic E-state index is 13.0. The van der Waals surface area contributed by atoms with Gasteiger partial charge in [-0.25, -0.2) is 4.39 Å². The Morgan fingerprint density at radius 3 is 2.76 bits per heavy atom. The highest BCUT2D eigenvalue weighted by Crippen LogP contribution is 2.19. The second-order valence-electron chi connectivity index (χ2n) is 5.42. The zero-order valence-corrected chi connectivity index (χ0v) is 10.8. The highest BCUT2D eigenvalue weighted by molar-refractivity contribution is 5.26. The van der Waals surface area contributed by atoms with Crippen LogP contribution in [0.3, 0.4) is 0 Å². The van der Waals surface area contributed by atoms with E-state index < -0.39 is 0 Å². The third-order valence-corrected chi connectivity index (χ3v) is 3.73. The highest BCUT2D eigenvalue weighted by atomic mass is 19.1. The standard InChI is InChI=1S/C15H22FN/c1-11(10-17-15-4-3-5-15)8-13-6-7-14(16)9-12(13)2/h6-7,9,11,15,17H,3-5,8,10H2,1-2H3. The van der Waals surface area contributed by atoms with Crippen molar-refractivity contribution in [3.8, 4) is 0 Å². The van der Waals surface area contributed by atoms with Crippen molar-refractivity contribution in [3.05, 3.63) is 35.1 Å². The lowest BCUT2D eigenvalue weighted by atomic mass is 9.92. The molecule has 17 heavy (non-hydrogen) atoms. The van der Waals surface area contributed by atoms with E-state index in [9.17, 15) is 4.39 Å². The number of hydrogen-bond acceptors (Lipinski definition) is 1. The molecule has 1 aromatic carbocycles. The number of benzene rings is 1. The Labute approximate surface area is 103 Å². The van der Waals surface area contributed by atoms with E-state index in [1.54, 1.807) is 12.1 Å². The molecule has 2 rings (SSSR count). The summed E-state index contributed by atoms with van der Waals surface area (Å²) in [5.41, 5.74) is 2.34. The van der Waals surface area contributed by atoms with Gasteiger partial charge in [0, 0.05) is 6.04 Å². The summed E-state index contributed by atoms with van der Waals surface area (Å²) < 4.78 is 13.0. The van der Waals surface area contributed by atoms with Gasteiger partial charge >= 0.3 is 0 Å². The molecule has 0 saturated heterocycles. The average Bonchev–Trinajstić information content (AvgIpc) is 2.20. The van der Waals surface area contributed by atoms with Gasteiger partial charge in [0.2, 0.25) is 0 Å². The van der Waals surface area contributed by atoms with Crippen LogP contribution in [0.1, 0.15) is 37.3 Å². The highest BCUT2D eigenvalue weighted by Gasteiger charge is 2.17. The first-order chi connectivity index (χ1) is 8.15. The molecule has 2 heteroatoms. The van der Waals surface area contributed by atoms with Gasteiger partial charge in [0.15, 0.2) is 0 Å². The summed E-state index contributed by atoms with van der Waals surface area (Å²) in [5.74, 6) is 0.478. The SMILES string of the molecule is Cc1cc(F)ccc1CC(C)CNC1CCC1. The minimum atomic E-state index is -0.133. The van der Waals surface area contributed by atoms with E-state index in [1.165, 1.54) is 24.8 Å². The Morgan fingerprint density at radius 2 is 2.18 bits per heavy atom. The predicted molar refractivity (Wildman–Crippen MR) is 69.6 cm³/mol. The fourth-order valence-electron chi connectivity index (χ4n) is 2.32. The maximum atomic E-state index is 13.0. The zero-order valence-electron chi connectivity index (χ0n) is 10.8. The van der Waals surface area contributed by atoms with E-state index in [1.807, 2.05) is 13.0 Å². The Kier molecular flexibility index (Phi) is 4.16. The lowest BCUT2D eigenvalue weighted by Crippen LogP contribution is -2.38. The average molecular weight is 235 g/mol. The second kappa shape index (κ2) is 5.63. The molecular formula is C15H22FN. The van der Waals surface area contributed by atoms with Crippen LogP contribution < -0.4 is 5.32 Å². The molecule has 1 N–H and O–H groups in total. The van der Waals surface area contributed by atoms with Crippen molar-refractivity contribution < 1.29 is 4.39 Å². The van der Waals surface area contributed by atoms with Crippen LogP contribution in [-0.4, -0.2) is 12.6 Å². The van der Waals surface area contributed by atoms with Crippen molar-refractivity contribution in [2.75, 3.05) is 6.54 Å². The van der Waals surface area contributed by atoms with Crippen LogP contribution in [0.25, 0.3) is 0 Å². The minimum absolute atomic E-state index is 0.133. The molecule has 1 nitrogen and oxygen atoms in total. The monoisotopic (exact) mass is 235 g/mol. The Morgan fingerprint density at radius 1 is 1.41 bits per heavy atom. The third kappa shape index (κ3) is 3.53. The summed E-state index contributed by atoms with van der Waals surface area (Å²) in [6.07, 6.45) is 5.08. The van der Waals surface area contributed by atoms with Gasteiger partial charge in [0.25, 0.3) is 0 Å². The van der Waals surface area contributed by atoms with Gasteiger partial charge in [-0.3, -0.25) is 0 Å². The third-order valence-electron chi connectivity index (χ3n) is 3.73. The fourth-order valence-corrected chi connectivity index (χ4v) is 2.32. The van der Waals surface area contributed by atoms with Crippen molar-refractivity contribution >= 4 is 0 Å². The van der Waals surface area contributed by atoms with Crippen LogP contribution in [0.4, 0.5) is 4.39 Å². The molecule has 94 valence electrons. The van der Waals surface area contributed by atoms with Crippen LogP contribution in [-0.2, 0) is 6.42 Å². The topological polar surface area (TPSA) is 12.0 Å². The summed E-state index contributed by atoms with van der Waals surface area (Å²) in [4.78, 5) is 0. The second-order valence-corrected chi connectivity index (χ2v) is 5.42. The van der Waals surface area contributed by atoms with E-state index in [0.717, 1.165) is 24.6 Å². The van der Waals surface area contributed by atoms with Crippen LogP contribution >= 0.6 is 0 Å². The van der Waals surface area contributed by atoms with E-state index >= 15 is 0 Å². The molecule has 1 aliphatic rings. The zero-order chi connectivity index (χ0) is 12.3. The number of nitrogens with one attached hydrogen (secondary N) is 1. The molecule has 0 bridgehead atoms. The van der Waals surface area contributed by atoms with E-state index in [-0.39, 0.29) is 5.82 Å².